The van der Waals surface area contributed by atoms with Crippen LogP contribution in [0.1, 0.15) is 39.5 Å². The number of nitrogens with two attached hydrogens (primary N) is 1. The van der Waals surface area contributed by atoms with Crippen LogP contribution in [0.15, 0.2) is 0 Å². The first kappa shape index (κ1) is 13.3. The molecule has 2 N–H and O–H groups in total. The zero-order valence-electron chi connectivity index (χ0n) is 11.6. The zero-order chi connectivity index (χ0) is 12.5. The fraction of sp³-hybridized carbons (Fsp3) is 1.00. The summed E-state index contributed by atoms with van der Waals surface area (Å²) in [5.74, 6) is 0.663. The van der Waals surface area contributed by atoms with Gasteiger partial charge in [-0.05, 0) is 44.1 Å². The van der Waals surface area contributed by atoms with Gasteiger partial charge in [-0.2, -0.15) is 0 Å². The molecule has 17 heavy (non-hydrogen) atoms. The van der Waals surface area contributed by atoms with Gasteiger partial charge in [-0.3, -0.25) is 0 Å². The predicted molar refractivity (Wildman–Crippen MR) is 71.0 cm³/mol. The van der Waals surface area contributed by atoms with Crippen LogP contribution in [-0.4, -0.2) is 43.8 Å². The highest BCUT2D eigenvalue weighted by atomic mass is 16.5. The highest BCUT2D eigenvalue weighted by Gasteiger charge is 2.39. The fourth-order valence-corrected chi connectivity index (χ4v) is 3.36. The molecular formula is C14H28N2O. The summed E-state index contributed by atoms with van der Waals surface area (Å²) in [6, 6.07) is 0.356. The predicted octanol–water partition coefficient (Wildman–Crippen LogP) is 1.86. The van der Waals surface area contributed by atoms with E-state index in [1.807, 2.05) is 0 Å². The Morgan fingerprint density at radius 1 is 1.29 bits per heavy atom. The topological polar surface area (TPSA) is 38.5 Å². The lowest BCUT2D eigenvalue weighted by atomic mass is 9.85. The van der Waals surface area contributed by atoms with Crippen molar-refractivity contribution in [2.45, 2.75) is 51.7 Å². The van der Waals surface area contributed by atoms with Crippen molar-refractivity contribution < 1.29 is 4.74 Å². The minimum Gasteiger partial charge on any atom is -0.377 e. The van der Waals surface area contributed by atoms with Gasteiger partial charge in [0, 0.05) is 25.7 Å². The summed E-state index contributed by atoms with van der Waals surface area (Å²) in [4.78, 5) is 2.42. The third-order valence-electron chi connectivity index (χ3n) is 4.66. The first-order valence-electron chi connectivity index (χ1n) is 7.05. The van der Waals surface area contributed by atoms with Gasteiger partial charge in [0.2, 0.25) is 0 Å². The van der Waals surface area contributed by atoms with Crippen molar-refractivity contribution >= 4 is 0 Å². The molecule has 0 aromatic carbocycles. The van der Waals surface area contributed by atoms with Crippen LogP contribution in [0.5, 0.6) is 0 Å². The molecular weight excluding hydrogens is 212 g/mol. The lowest BCUT2D eigenvalue weighted by Crippen LogP contribution is -2.42. The van der Waals surface area contributed by atoms with Crippen LogP contribution in [0.4, 0.5) is 0 Å². The van der Waals surface area contributed by atoms with Crippen molar-refractivity contribution in [3.05, 3.63) is 0 Å². The molecule has 0 aromatic heterocycles. The van der Waals surface area contributed by atoms with Crippen molar-refractivity contribution in [3.8, 4) is 0 Å². The smallest absolute Gasteiger partial charge is 0.0702 e. The molecule has 0 radical (unpaired) electrons. The summed E-state index contributed by atoms with van der Waals surface area (Å²) in [5, 5.41) is 0. The Hall–Kier alpha value is -0.120. The van der Waals surface area contributed by atoms with E-state index in [2.05, 4.69) is 25.8 Å². The quantitative estimate of drug-likeness (QED) is 0.815. The van der Waals surface area contributed by atoms with Gasteiger partial charge >= 0.3 is 0 Å². The minimum atomic E-state index is 0.329. The van der Waals surface area contributed by atoms with Gasteiger partial charge in [0.15, 0.2) is 0 Å². The largest absolute Gasteiger partial charge is 0.377 e. The summed E-state index contributed by atoms with van der Waals surface area (Å²) < 4.78 is 5.68. The Labute approximate surface area is 106 Å². The molecule has 100 valence electrons. The van der Waals surface area contributed by atoms with Crippen molar-refractivity contribution in [3.63, 3.8) is 0 Å². The lowest BCUT2D eigenvalue weighted by Gasteiger charge is -2.30. The van der Waals surface area contributed by atoms with E-state index in [0.717, 1.165) is 19.7 Å². The van der Waals surface area contributed by atoms with Gasteiger partial charge in [-0.1, -0.05) is 13.8 Å². The first-order valence-corrected chi connectivity index (χ1v) is 7.05. The third kappa shape index (κ3) is 3.21. The maximum Gasteiger partial charge on any atom is 0.0702 e. The van der Waals surface area contributed by atoms with Gasteiger partial charge in [0.1, 0.15) is 0 Å². The van der Waals surface area contributed by atoms with Crippen LogP contribution in [0.3, 0.4) is 0 Å². The molecule has 1 aliphatic carbocycles. The van der Waals surface area contributed by atoms with Crippen molar-refractivity contribution in [2.75, 3.05) is 26.7 Å². The number of nitrogens with zero attached hydrogens (tertiary/aromatic N) is 1. The zero-order valence-corrected chi connectivity index (χ0v) is 11.6. The summed E-state index contributed by atoms with van der Waals surface area (Å²) in [7, 11) is 2.21. The number of likely N-dealkylation sites (N-methyl/N-ethyl adjacent to an activating group) is 1. The van der Waals surface area contributed by atoms with Crippen LogP contribution < -0.4 is 5.73 Å². The number of rotatable bonds is 4. The van der Waals surface area contributed by atoms with E-state index in [1.165, 1.54) is 25.7 Å². The van der Waals surface area contributed by atoms with E-state index < -0.39 is 0 Å². The third-order valence-corrected chi connectivity index (χ3v) is 4.66. The van der Waals surface area contributed by atoms with E-state index in [-0.39, 0.29) is 0 Å². The number of ether oxygens (including phenoxy) is 1. The van der Waals surface area contributed by atoms with Crippen LogP contribution in [0, 0.1) is 11.3 Å². The molecule has 3 unspecified atom stereocenters. The van der Waals surface area contributed by atoms with Crippen molar-refractivity contribution in [1.82, 2.24) is 4.90 Å². The van der Waals surface area contributed by atoms with Crippen LogP contribution in [-0.2, 0) is 4.74 Å². The molecule has 0 aromatic rings. The Morgan fingerprint density at radius 3 is 2.59 bits per heavy atom. The molecule has 0 spiro atoms. The van der Waals surface area contributed by atoms with Gasteiger partial charge < -0.3 is 15.4 Å². The molecule has 2 rings (SSSR count). The maximum atomic E-state index is 6.36. The van der Waals surface area contributed by atoms with Crippen molar-refractivity contribution in [2.24, 2.45) is 17.1 Å². The monoisotopic (exact) mass is 240 g/mol. The Kier molecular flexibility index (Phi) is 4.11. The Bertz CT molecular complexity index is 249. The van der Waals surface area contributed by atoms with Gasteiger partial charge in [-0.15, -0.1) is 0 Å². The number of hydrogen-bond acceptors (Lipinski definition) is 3. The van der Waals surface area contributed by atoms with Crippen LogP contribution >= 0.6 is 0 Å². The highest BCUT2D eigenvalue weighted by molar-refractivity contribution is 4.95. The molecule has 0 bridgehead atoms. The lowest BCUT2D eigenvalue weighted by molar-refractivity contribution is 0.0752. The second-order valence-electron chi connectivity index (χ2n) is 6.67. The Balaban J connectivity index is 1.76. The van der Waals surface area contributed by atoms with Crippen LogP contribution in [0.25, 0.3) is 0 Å². The maximum absolute atomic E-state index is 6.36. The van der Waals surface area contributed by atoms with Gasteiger partial charge in [0.25, 0.3) is 0 Å². The van der Waals surface area contributed by atoms with E-state index in [4.69, 9.17) is 10.5 Å². The first-order chi connectivity index (χ1) is 7.99. The van der Waals surface area contributed by atoms with Crippen molar-refractivity contribution in [1.29, 1.82) is 0 Å². The van der Waals surface area contributed by atoms with E-state index >= 15 is 0 Å². The fourth-order valence-electron chi connectivity index (χ4n) is 3.36. The van der Waals surface area contributed by atoms with Crippen LogP contribution in [0.2, 0.25) is 0 Å². The molecule has 1 saturated carbocycles. The average molecular weight is 240 g/mol. The van der Waals surface area contributed by atoms with E-state index in [0.29, 0.717) is 23.5 Å². The van der Waals surface area contributed by atoms with Gasteiger partial charge in [0.05, 0.1) is 6.10 Å². The normalized spacial score (nSPS) is 36.9. The molecule has 2 fully saturated rings. The molecule has 3 atom stereocenters. The second-order valence-corrected chi connectivity index (χ2v) is 6.67. The molecule has 0 amide bonds. The summed E-state index contributed by atoms with van der Waals surface area (Å²) >= 11 is 0. The summed E-state index contributed by atoms with van der Waals surface area (Å²) in [5.41, 5.74) is 6.68. The van der Waals surface area contributed by atoms with E-state index in [1.54, 1.807) is 0 Å². The Morgan fingerprint density at radius 2 is 2.06 bits per heavy atom. The highest BCUT2D eigenvalue weighted by Crippen LogP contribution is 2.40. The molecule has 2 aliphatic rings. The molecule has 1 heterocycles. The van der Waals surface area contributed by atoms with E-state index in [9.17, 15) is 0 Å². The average Bonchev–Trinajstić information content (AvgIpc) is 2.82. The minimum absolute atomic E-state index is 0.329. The summed E-state index contributed by atoms with van der Waals surface area (Å²) in [6.45, 7) is 7.76. The molecule has 3 heteroatoms. The standard InChI is InChI=1S/C14H28N2O/c1-14(2)7-6-11(13(14)15)9-16(3)10-12-5-4-8-17-12/h11-13H,4-10,15H2,1-3H3. The molecule has 3 nitrogen and oxygen atoms in total. The molecule has 1 aliphatic heterocycles. The second kappa shape index (κ2) is 5.25. The van der Waals surface area contributed by atoms with Gasteiger partial charge in [-0.25, -0.2) is 0 Å². The number of hydrogen-bond donors (Lipinski definition) is 1. The molecule has 1 saturated heterocycles. The summed E-state index contributed by atoms with van der Waals surface area (Å²) in [6.07, 6.45) is 5.48. The SMILES string of the molecule is CN(CC1CCCO1)CC1CCC(C)(C)C1N.